The van der Waals surface area contributed by atoms with Gasteiger partial charge in [0.1, 0.15) is 0 Å². The standard InChI is InChI=1S/C15H22N2O4S/c18-12-8-9-17(15(22)16-12)13(19)6-2-1-4-10-20-14-7-3-5-11-21-14/h8-9,14H,1-7,10-11H2,(H,16,18,22). The van der Waals surface area contributed by atoms with Gasteiger partial charge >= 0.3 is 0 Å². The zero-order valence-corrected chi connectivity index (χ0v) is 13.4. The smallest absolute Gasteiger partial charge is 0.251 e. The number of nitrogens with one attached hydrogen (secondary N) is 1. The first-order valence-corrected chi connectivity index (χ1v) is 8.16. The molecule has 0 aliphatic carbocycles. The van der Waals surface area contributed by atoms with Gasteiger partial charge in [-0.2, -0.15) is 0 Å². The Balaban J connectivity index is 1.61. The Morgan fingerprint density at radius 1 is 1.41 bits per heavy atom. The van der Waals surface area contributed by atoms with Gasteiger partial charge in [0.15, 0.2) is 11.1 Å². The highest BCUT2D eigenvalue weighted by atomic mass is 32.1. The van der Waals surface area contributed by atoms with Gasteiger partial charge in [0, 0.05) is 31.9 Å². The first-order chi connectivity index (χ1) is 10.7. The van der Waals surface area contributed by atoms with Gasteiger partial charge in [0.05, 0.1) is 0 Å². The van der Waals surface area contributed by atoms with Gasteiger partial charge in [-0.15, -0.1) is 0 Å². The normalized spacial score (nSPS) is 18.3. The van der Waals surface area contributed by atoms with E-state index in [2.05, 4.69) is 4.98 Å². The lowest BCUT2D eigenvalue weighted by Gasteiger charge is -2.22. The minimum absolute atomic E-state index is 0.0464. The van der Waals surface area contributed by atoms with E-state index in [1.54, 1.807) is 0 Å². The van der Waals surface area contributed by atoms with Crippen molar-refractivity contribution in [1.82, 2.24) is 9.55 Å². The third kappa shape index (κ3) is 5.47. The maximum absolute atomic E-state index is 12.0. The van der Waals surface area contributed by atoms with Crippen LogP contribution in [0.2, 0.25) is 0 Å². The maximum Gasteiger partial charge on any atom is 0.251 e. The van der Waals surface area contributed by atoms with E-state index >= 15 is 0 Å². The van der Waals surface area contributed by atoms with Crippen molar-refractivity contribution in [3.05, 3.63) is 27.4 Å². The van der Waals surface area contributed by atoms with Crippen molar-refractivity contribution in [2.24, 2.45) is 0 Å². The van der Waals surface area contributed by atoms with Crippen LogP contribution in [0.1, 0.15) is 49.7 Å². The third-order valence-corrected chi connectivity index (χ3v) is 3.87. The quantitative estimate of drug-likeness (QED) is 0.616. The summed E-state index contributed by atoms with van der Waals surface area (Å²) in [5.74, 6) is -0.0993. The molecule has 1 aromatic heterocycles. The molecule has 7 heteroatoms. The Labute approximate surface area is 134 Å². The number of hydrogen-bond acceptors (Lipinski definition) is 5. The van der Waals surface area contributed by atoms with Gasteiger partial charge in [-0.1, -0.05) is 6.42 Å². The fraction of sp³-hybridized carbons (Fsp3) is 0.667. The number of carbonyl (C=O) groups excluding carboxylic acids is 1. The van der Waals surface area contributed by atoms with Crippen molar-refractivity contribution < 1.29 is 14.3 Å². The first kappa shape index (κ1) is 17.1. The number of hydrogen-bond donors (Lipinski definition) is 1. The highest BCUT2D eigenvalue weighted by Gasteiger charge is 2.13. The lowest BCUT2D eigenvalue weighted by Crippen LogP contribution is -2.22. The van der Waals surface area contributed by atoms with Crippen molar-refractivity contribution in [2.45, 2.75) is 51.2 Å². The van der Waals surface area contributed by atoms with Gasteiger partial charge in [-0.05, 0) is 44.3 Å². The van der Waals surface area contributed by atoms with E-state index in [1.807, 2.05) is 0 Å². The van der Waals surface area contributed by atoms with Gasteiger partial charge in [-0.25, -0.2) is 0 Å². The summed E-state index contributed by atoms with van der Waals surface area (Å²) in [5, 5.41) is 0. The second-order valence-electron chi connectivity index (χ2n) is 5.35. The summed E-state index contributed by atoms with van der Waals surface area (Å²) >= 11 is 4.96. The molecule has 0 amide bonds. The fourth-order valence-corrected chi connectivity index (χ4v) is 2.61. The number of nitrogens with zero attached hydrogens (tertiary/aromatic N) is 1. The lowest BCUT2D eigenvalue weighted by molar-refractivity contribution is -0.162. The summed E-state index contributed by atoms with van der Waals surface area (Å²) in [4.78, 5) is 25.5. The molecule has 1 atom stereocenters. The minimum Gasteiger partial charge on any atom is -0.353 e. The number of aromatic amines is 1. The molecule has 1 N–H and O–H groups in total. The lowest BCUT2D eigenvalue weighted by atomic mass is 10.2. The summed E-state index contributed by atoms with van der Waals surface area (Å²) in [6.45, 7) is 1.45. The van der Waals surface area contributed by atoms with E-state index in [9.17, 15) is 9.59 Å². The molecular weight excluding hydrogens is 304 g/mol. The maximum atomic E-state index is 12.0. The van der Waals surface area contributed by atoms with Crippen LogP contribution in [0.3, 0.4) is 0 Å². The highest BCUT2D eigenvalue weighted by molar-refractivity contribution is 7.71. The molecule has 1 saturated heterocycles. The van der Waals surface area contributed by atoms with E-state index in [1.165, 1.54) is 23.3 Å². The Morgan fingerprint density at radius 3 is 3.00 bits per heavy atom. The Hall–Kier alpha value is -1.31. The van der Waals surface area contributed by atoms with E-state index in [4.69, 9.17) is 21.7 Å². The van der Waals surface area contributed by atoms with Crippen LogP contribution in [0, 0.1) is 4.77 Å². The highest BCUT2D eigenvalue weighted by Crippen LogP contribution is 2.14. The van der Waals surface area contributed by atoms with Crippen molar-refractivity contribution in [3.63, 3.8) is 0 Å². The molecule has 0 saturated carbocycles. The molecule has 0 radical (unpaired) electrons. The van der Waals surface area contributed by atoms with Crippen molar-refractivity contribution in [3.8, 4) is 0 Å². The molecule has 2 rings (SSSR count). The first-order valence-electron chi connectivity index (χ1n) is 7.75. The molecule has 1 aliphatic heterocycles. The van der Waals surface area contributed by atoms with Gasteiger partial charge in [0.2, 0.25) is 5.91 Å². The molecule has 22 heavy (non-hydrogen) atoms. The van der Waals surface area contributed by atoms with Crippen LogP contribution in [0.5, 0.6) is 0 Å². The molecule has 2 heterocycles. The largest absolute Gasteiger partial charge is 0.353 e. The van der Waals surface area contributed by atoms with Crippen LogP contribution >= 0.6 is 12.2 Å². The Bertz CT molecular complexity index is 590. The van der Waals surface area contributed by atoms with E-state index in [0.717, 1.165) is 38.7 Å². The SMILES string of the molecule is O=C(CCCCCOC1CCCCO1)n1ccc(=O)[nH]c1=S. The van der Waals surface area contributed by atoms with Crippen LogP contribution in [0.25, 0.3) is 0 Å². The average molecular weight is 326 g/mol. The molecule has 122 valence electrons. The van der Waals surface area contributed by atoms with Crippen molar-refractivity contribution in [1.29, 1.82) is 0 Å². The monoisotopic (exact) mass is 326 g/mol. The van der Waals surface area contributed by atoms with Crippen molar-refractivity contribution in [2.75, 3.05) is 13.2 Å². The molecular formula is C15H22N2O4S. The molecule has 1 fully saturated rings. The van der Waals surface area contributed by atoms with Gasteiger partial charge < -0.3 is 9.47 Å². The number of H-pyrrole nitrogens is 1. The van der Waals surface area contributed by atoms with E-state index < -0.39 is 0 Å². The number of aromatic nitrogens is 2. The average Bonchev–Trinajstić information content (AvgIpc) is 2.51. The second kappa shape index (κ2) is 8.97. The molecule has 1 aliphatic rings. The van der Waals surface area contributed by atoms with E-state index in [-0.39, 0.29) is 22.5 Å². The topological polar surface area (TPSA) is 73.3 Å². The van der Waals surface area contributed by atoms with Crippen LogP contribution in [0.4, 0.5) is 0 Å². The Kier molecular flexibility index (Phi) is 6.95. The Morgan fingerprint density at radius 2 is 2.27 bits per heavy atom. The molecule has 1 aromatic rings. The fourth-order valence-electron chi connectivity index (χ4n) is 2.35. The number of unbranched alkanes of at least 4 members (excludes halogenated alkanes) is 2. The van der Waals surface area contributed by atoms with Crippen LogP contribution < -0.4 is 5.56 Å². The third-order valence-electron chi connectivity index (χ3n) is 3.57. The summed E-state index contributed by atoms with van der Waals surface area (Å²) in [5.41, 5.74) is -0.295. The van der Waals surface area contributed by atoms with E-state index in [0.29, 0.717) is 13.0 Å². The van der Waals surface area contributed by atoms with Crippen LogP contribution in [-0.4, -0.2) is 35.0 Å². The predicted molar refractivity (Wildman–Crippen MR) is 84.5 cm³/mol. The summed E-state index contributed by atoms with van der Waals surface area (Å²) in [7, 11) is 0. The summed E-state index contributed by atoms with van der Waals surface area (Å²) in [6.07, 6.45) is 7.63. The van der Waals surface area contributed by atoms with Crippen LogP contribution in [-0.2, 0) is 9.47 Å². The van der Waals surface area contributed by atoms with Crippen LogP contribution in [0.15, 0.2) is 17.1 Å². The molecule has 0 spiro atoms. The number of carbonyl (C=O) groups is 1. The molecule has 1 unspecified atom stereocenters. The zero-order chi connectivity index (χ0) is 15.8. The number of ether oxygens (including phenoxy) is 2. The minimum atomic E-state index is -0.295. The van der Waals surface area contributed by atoms with Gasteiger partial charge in [-0.3, -0.25) is 19.1 Å². The summed E-state index contributed by atoms with van der Waals surface area (Å²) in [6, 6.07) is 1.30. The van der Waals surface area contributed by atoms with Gasteiger partial charge in [0.25, 0.3) is 5.56 Å². The number of rotatable bonds is 7. The van der Waals surface area contributed by atoms with Crippen molar-refractivity contribution >= 4 is 18.1 Å². The zero-order valence-electron chi connectivity index (χ0n) is 12.6. The predicted octanol–water partition coefficient (Wildman–Crippen LogP) is 2.65. The summed E-state index contributed by atoms with van der Waals surface area (Å²) < 4.78 is 12.6. The second-order valence-corrected chi connectivity index (χ2v) is 5.74. The molecule has 0 aromatic carbocycles. The molecule has 6 nitrogen and oxygen atoms in total. The molecule has 0 bridgehead atoms.